The van der Waals surface area contributed by atoms with Crippen LogP contribution in [0, 0.1) is 13.8 Å². The first-order valence-corrected chi connectivity index (χ1v) is 10.2. The lowest BCUT2D eigenvalue weighted by Gasteiger charge is -2.12. The lowest BCUT2D eigenvalue weighted by atomic mass is 10.1. The Morgan fingerprint density at radius 1 is 0.906 bits per heavy atom. The molecule has 160 valence electrons. The molecule has 0 aliphatic rings. The molecule has 0 radical (unpaired) electrons. The van der Waals surface area contributed by atoms with Gasteiger partial charge in [-0.2, -0.15) is 4.98 Å². The van der Waals surface area contributed by atoms with E-state index in [0.29, 0.717) is 22.5 Å². The molecule has 0 unspecified atom stereocenters. The van der Waals surface area contributed by atoms with Gasteiger partial charge in [0.1, 0.15) is 12.3 Å². The largest absolute Gasteiger partial charge is 0.467 e. The van der Waals surface area contributed by atoms with E-state index in [9.17, 15) is 9.59 Å². The average Bonchev–Trinajstić information content (AvgIpc) is 3.48. The highest BCUT2D eigenvalue weighted by molar-refractivity contribution is 5.77. The van der Waals surface area contributed by atoms with Crippen molar-refractivity contribution in [2.45, 2.75) is 26.9 Å². The number of aromatic nitrogens is 4. The fourth-order valence-corrected chi connectivity index (χ4v) is 3.67. The summed E-state index contributed by atoms with van der Waals surface area (Å²) in [7, 11) is 0. The topological polar surface area (TPSA) is 96.1 Å². The molecule has 3 aromatic heterocycles. The second-order valence-electron chi connectivity index (χ2n) is 7.67. The number of hydrogen-bond donors (Lipinski definition) is 0. The standard InChI is InChI=1S/C24H20N4O4/c1-15-9-10-17(12-16(15)2)22-25-21(32-26-22)14-27-20-8-4-3-7-19(20)23(29)28(24(27)30)13-18-6-5-11-31-18/h3-12H,13-14H2,1-2H3. The third-order valence-electron chi connectivity index (χ3n) is 5.55. The average molecular weight is 428 g/mol. The molecule has 0 N–H and O–H groups in total. The molecule has 0 fully saturated rings. The lowest BCUT2D eigenvalue weighted by Crippen LogP contribution is -2.40. The third kappa shape index (κ3) is 3.45. The molecule has 5 aromatic rings. The van der Waals surface area contributed by atoms with Crippen molar-refractivity contribution in [2.24, 2.45) is 0 Å². The summed E-state index contributed by atoms with van der Waals surface area (Å²) >= 11 is 0. The highest BCUT2D eigenvalue weighted by Crippen LogP contribution is 2.20. The van der Waals surface area contributed by atoms with Crippen LogP contribution in [0.5, 0.6) is 0 Å². The van der Waals surface area contributed by atoms with Gasteiger partial charge in [0.25, 0.3) is 5.56 Å². The van der Waals surface area contributed by atoms with Gasteiger partial charge in [-0.15, -0.1) is 0 Å². The summed E-state index contributed by atoms with van der Waals surface area (Å²) in [6.45, 7) is 4.13. The number of hydrogen-bond acceptors (Lipinski definition) is 6. The van der Waals surface area contributed by atoms with Crippen LogP contribution in [-0.4, -0.2) is 19.3 Å². The van der Waals surface area contributed by atoms with E-state index >= 15 is 0 Å². The zero-order valence-electron chi connectivity index (χ0n) is 17.6. The van der Waals surface area contributed by atoms with Gasteiger partial charge in [0.05, 0.1) is 23.7 Å². The SMILES string of the molecule is Cc1ccc(-c2noc(Cn3c(=O)n(Cc4ccco4)c(=O)c4ccccc43)n2)cc1C. The maximum Gasteiger partial charge on any atom is 0.332 e. The maximum absolute atomic E-state index is 13.3. The van der Waals surface area contributed by atoms with E-state index in [1.165, 1.54) is 16.4 Å². The minimum atomic E-state index is -0.476. The first-order chi connectivity index (χ1) is 15.5. The summed E-state index contributed by atoms with van der Waals surface area (Å²) < 4.78 is 13.4. The minimum absolute atomic E-state index is 0.0349. The highest BCUT2D eigenvalue weighted by Gasteiger charge is 2.17. The molecule has 0 atom stereocenters. The Hall–Kier alpha value is -4.20. The number of fused-ring (bicyclic) bond motifs is 1. The summed E-state index contributed by atoms with van der Waals surface area (Å²) in [6, 6.07) is 16.3. The van der Waals surface area contributed by atoms with Crippen molar-refractivity contribution in [3.63, 3.8) is 0 Å². The van der Waals surface area contributed by atoms with Gasteiger partial charge in [0, 0.05) is 5.56 Å². The van der Waals surface area contributed by atoms with Crippen molar-refractivity contribution in [3.8, 4) is 11.4 Å². The monoisotopic (exact) mass is 428 g/mol. The van der Waals surface area contributed by atoms with E-state index in [4.69, 9.17) is 8.94 Å². The van der Waals surface area contributed by atoms with Gasteiger partial charge in [-0.1, -0.05) is 29.4 Å². The second kappa shape index (κ2) is 7.81. The molecule has 0 bridgehead atoms. The second-order valence-corrected chi connectivity index (χ2v) is 7.67. The van der Waals surface area contributed by atoms with E-state index in [0.717, 1.165) is 15.7 Å². The van der Waals surface area contributed by atoms with Crippen molar-refractivity contribution >= 4 is 10.9 Å². The molecular formula is C24H20N4O4. The van der Waals surface area contributed by atoms with E-state index in [1.807, 2.05) is 32.0 Å². The van der Waals surface area contributed by atoms with Crippen LogP contribution in [0.3, 0.4) is 0 Å². The van der Waals surface area contributed by atoms with Gasteiger partial charge < -0.3 is 8.94 Å². The Labute approximate surface area is 182 Å². The summed E-state index contributed by atoms with van der Waals surface area (Å²) in [6.07, 6.45) is 1.51. The van der Waals surface area contributed by atoms with Crippen molar-refractivity contribution in [1.29, 1.82) is 0 Å². The van der Waals surface area contributed by atoms with Crippen LogP contribution in [0.1, 0.15) is 22.8 Å². The van der Waals surface area contributed by atoms with Crippen LogP contribution >= 0.6 is 0 Å². The normalized spacial score (nSPS) is 11.3. The highest BCUT2D eigenvalue weighted by atomic mass is 16.5. The number of aryl methyl sites for hydroxylation is 2. The fraction of sp³-hybridized carbons (Fsp3) is 0.167. The molecular weight excluding hydrogens is 408 g/mol. The number of para-hydroxylation sites is 1. The van der Waals surface area contributed by atoms with Crippen molar-refractivity contribution < 1.29 is 8.94 Å². The van der Waals surface area contributed by atoms with Crippen LogP contribution in [0.15, 0.2) is 79.4 Å². The molecule has 3 heterocycles. The van der Waals surface area contributed by atoms with Crippen LogP contribution in [-0.2, 0) is 13.1 Å². The quantitative estimate of drug-likeness (QED) is 0.425. The zero-order valence-corrected chi connectivity index (χ0v) is 17.6. The Morgan fingerprint density at radius 3 is 2.53 bits per heavy atom. The predicted octanol–water partition coefficient (Wildman–Crippen LogP) is 3.52. The summed E-state index contributed by atoms with van der Waals surface area (Å²) in [5, 5.41) is 4.50. The Morgan fingerprint density at radius 2 is 1.75 bits per heavy atom. The molecule has 2 aromatic carbocycles. The first kappa shape index (κ1) is 19.7. The molecule has 0 aliphatic heterocycles. The minimum Gasteiger partial charge on any atom is -0.467 e. The predicted molar refractivity (Wildman–Crippen MR) is 119 cm³/mol. The number of benzene rings is 2. The fourth-order valence-electron chi connectivity index (χ4n) is 3.67. The molecule has 8 heteroatoms. The number of nitrogens with zero attached hydrogens (tertiary/aromatic N) is 4. The molecule has 32 heavy (non-hydrogen) atoms. The smallest absolute Gasteiger partial charge is 0.332 e. The van der Waals surface area contributed by atoms with E-state index in [2.05, 4.69) is 10.1 Å². The molecule has 8 nitrogen and oxygen atoms in total. The maximum atomic E-state index is 13.3. The molecule has 5 rings (SSSR count). The van der Waals surface area contributed by atoms with Gasteiger partial charge >= 0.3 is 5.69 Å². The third-order valence-corrected chi connectivity index (χ3v) is 5.55. The van der Waals surface area contributed by atoms with E-state index in [-0.39, 0.29) is 24.5 Å². The molecule has 0 spiro atoms. The van der Waals surface area contributed by atoms with Crippen molar-refractivity contribution in [1.82, 2.24) is 19.3 Å². The van der Waals surface area contributed by atoms with Gasteiger partial charge in [-0.3, -0.25) is 13.9 Å². The van der Waals surface area contributed by atoms with Crippen LogP contribution in [0.4, 0.5) is 0 Å². The summed E-state index contributed by atoms with van der Waals surface area (Å²) in [4.78, 5) is 30.8. The molecule has 0 saturated heterocycles. The van der Waals surface area contributed by atoms with Crippen LogP contribution < -0.4 is 11.2 Å². The first-order valence-electron chi connectivity index (χ1n) is 10.2. The van der Waals surface area contributed by atoms with Crippen LogP contribution in [0.25, 0.3) is 22.3 Å². The van der Waals surface area contributed by atoms with Crippen LogP contribution in [0.2, 0.25) is 0 Å². The zero-order chi connectivity index (χ0) is 22.2. The van der Waals surface area contributed by atoms with E-state index in [1.54, 1.807) is 36.4 Å². The van der Waals surface area contributed by atoms with Crippen molar-refractivity contribution in [2.75, 3.05) is 0 Å². The molecule has 0 aliphatic carbocycles. The van der Waals surface area contributed by atoms with Gasteiger partial charge in [0.2, 0.25) is 11.7 Å². The Balaban J connectivity index is 1.58. The van der Waals surface area contributed by atoms with E-state index < -0.39 is 5.69 Å². The molecule has 0 amide bonds. The molecule has 0 saturated carbocycles. The van der Waals surface area contributed by atoms with Gasteiger partial charge in [-0.05, 0) is 55.3 Å². The summed E-state index contributed by atoms with van der Waals surface area (Å²) in [5.74, 6) is 1.24. The Kier molecular flexibility index (Phi) is 4.82. The lowest BCUT2D eigenvalue weighted by molar-refractivity contribution is 0.369. The number of rotatable bonds is 5. The number of furan rings is 1. The van der Waals surface area contributed by atoms with Gasteiger partial charge in [-0.25, -0.2) is 4.79 Å². The Bertz CT molecular complexity index is 1540. The summed E-state index contributed by atoms with van der Waals surface area (Å²) in [5.41, 5.74) is 2.79. The van der Waals surface area contributed by atoms with Gasteiger partial charge in [0.15, 0.2) is 0 Å². The van der Waals surface area contributed by atoms with Crippen molar-refractivity contribution in [3.05, 3.63) is 104 Å².